The maximum atomic E-state index is 13.2. The average Bonchev–Trinajstić information content (AvgIpc) is 3.89. The monoisotopic (exact) mass is 742 g/mol. The number of nitriles is 1. The van der Waals surface area contributed by atoms with E-state index in [-0.39, 0.29) is 16.0 Å². The van der Waals surface area contributed by atoms with Gasteiger partial charge in [-0.25, -0.2) is 18.4 Å². The lowest BCUT2D eigenvalue weighted by molar-refractivity contribution is -0.126. The summed E-state index contributed by atoms with van der Waals surface area (Å²) in [6.45, 7) is 13.9. The molecule has 7 rings (SSSR count). The Bertz CT molecular complexity index is 2080. The number of hydrogen-bond donors (Lipinski definition) is 0. The van der Waals surface area contributed by atoms with E-state index in [4.69, 9.17) is 4.98 Å². The number of piperazine rings is 1. The van der Waals surface area contributed by atoms with Crippen LogP contribution >= 0.6 is 11.3 Å². The topological polar surface area (TPSA) is 102 Å². The Kier molecular flexibility index (Phi) is 9.85. The van der Waals surface area contributed by atoms with E-state index in [1.165, 1.54) is 11.1 Å². The fraction of sp³-hybridized carbons (Fsp3) is 0.583. The Labute approximate surface area is 301 Å². The Morgan fingerprint density at radius 3 is 2.43 bits per heavy atom. The summed E-state index contributed by atoms with van der Waals surface area (Å²) in [5, 5.41) is 11.8. The van der Waals surface area contributed by atoms with Gasteiger partial charge in [0.2, 0.25) is 10.0 Å². The largest absolute Gasteiger partial charge is 0.393 e. The molecule has 274 valence electrons. The minimum atomic E-state index is -4.27. The molecule has 3 aliphatic heterocycles. The molecule has 1 aromatic carbocycles. The van der Waals surface area contributed by atoms with Crippen molar-refractivity contribution >= 4 is 48.3 Å². The van der Waals surface area contributed by atoms with Gasteiger partial charge in [-0.2, -0.15) is 22.7 Å². The summed E-state index contributed by atoms with van der Waals surface area (Å²) in [5.41, 5.74) is 4.18. The van der Waals surface area contributed by atoms with Crippen LogP contribution in [0.4, 0.5) is 19.0 Å². The average molecular weight is 743 g/mol. The molecule has 0 saturated carbocycles. The summed E-state index contributed by atoms with van der Waals surface area (Å²) >= 11 is 1.12. The van der Waals surface area contributed by atoms with E-state index in [0.29, 0.717) is 55.5 Å². The van der Waals surface area contributed by atoms with E-state index in [2.05, 4.69) is 49.4 Å². The fourth-order valence-electron chi connectivity index (χ4n) is 8.22. The lowest BCUT2D eigenvalue weighted by Crippen LogP contribution is -2.49. The first-order valence-electron chi connectivity index (χ1n) is 17.9. The minimum absolute atomic E-state index is 0.0932. The minimum Gasteiger partial charge on any atom is -0.355 e. The number of anilines is 1. The molecule has 1 atom stereocenters. The molecule has 3 aliphatic rings. The molecule has 4 aromatic rings. The highest BCUT2D eigenvalue weighted by Gasteiger charge is 2.44. The molecule has 0 amide bonds. The predicted octanol–water partition coefficient (Wildman–Crippen LogP) is 5.56. The van der Waals surface area contributed by atoms with E-state index in [1.54, 1.807) is 17.3 Å². The lowest BCUT2D eigenvalue weighted by atomic mass is 9.86. The van der Waals surface area contributed by atoms with Crippen molar-refractivity contribution in [3.8, 4) is 6.07 Å². The van der Waals surface area contributed by atoms with Gasteiger partial charge in [-0.1, -0.05) is 13.0 Å². The van der Waals surface area contributed by atoms with Crippen LogP contribution < -0.4 is 4.90 Å². The number of nitrogens with zero attached hydrogens (tertiary/aromatic N) is 8. The third-order valence-corrected chi connectivity index (χ3v) is 14.0. The number of hydrogen-bond acceptors (Lipinski definition) is 9. The molecule has 3 aromatic heterocycles. The van der Waals surface area contributed by atoms with E-state index in [0.717, 1.165) is 85.6 Å². The van der Waals surface area contributed by atoms with Crippen molar-refractivity contribution in [2.45, 2.75) is 65.7 Å². The van der Waals surface area contributed by atoms with Crippen LogP contribution in [0.15, 0.2) is 24.3 Å². The smallest absolute Gasteiger partial charge is 0.355 e. The molecule has 1 spiro atoms. The van der Waals surface area contributed by atoms with Crippen molar-refractivity contribution in [1.82, 2.24) is 28.6 Å². The van der Waals surface area contributed by atoms with Crippen LogP contribution in [0.2, 0.25) is 0 Å². The standard InChI is InChI=1S/C36H45F3N8O2S2/c1-4-32-41-33(30-19-28(20-36(37,38)39)50-34(30)42-32)45-11-9-35(24-45)8-10-44(23-35)22-26-6-7-31-29(25(26)3)18-27(21-40)47(31)17-14-43-12-15-46(16-13-43)51(48,49)5-2/h6-7,18-19H,4-5,8-17,20,22-24H2,1-3H3. The molecule has 0 N–H and O–H groups in total. The molecule has 10 nitrogen and oxygen atoms in total. The molecular formula is C36H45F3N8O2S2. The number of benzene rings is 1. The Balaban J connectivity index is 1.02. The van der Waals surface area contributed by atoms with Gasteiger partial charge in [0.15, 0.2) is 0 Å². The second-order valence-electron chi connectivity index (χ2n) is 14.4. The SMILES string of the molecule is CCc1nc(N2CCC3(CCN(Cc4ccc5c(cc(C#N)n5CCN5CCN(S(=O)(=O)CC)CC5)c4C)C3)C2)c2cc(CC(F)(F)F)sc2n1. The van der Waals surface area contributed by atoms with E-state index in [9.17, 15) is 26.9 Å². The third-order valence-electron chi connectivity index (χ3n) is 11.1. The molecule has 3 saturated heterocycles. The van der Waals surface area contributed by atoms with Gasteiger partial charge in [-0.3, -0.25) is 9.80 Å². The zero-order chi connectivity index (χ0) is 36.1. The first-order valence-corrected chi connectivity index (χ1v) is 20.3. The number of alkyl halides is 3. The maximum absolute atomic E-state index is 13.2. The predicted molar refractivity (Wildman–Crippen MR) is 195 cm³/mol. The summed E-state index contributed by atoms with van der Waals surface area (Å²) < 4.78 is 67.8. The Hall–Kier alpha value is -3.29. The van der Waals surface area contributed by atoms with Gasteiger partial charge >= 0.3 is 6.18 Å². The zero-order valence-electron chi connectivity index (χ0n) is 29.5. The van der Waals surface area contributed by atoms with Crippen LogP contribution in [0.1, 0.15) is 54.2 Å². The highest BCUT2D eigenvalue weighted by Crippen LogP contribution is 2.44. The fourth-order valence-corrected chi connectivity index (χ4v) is 10.4. The molecule has 6 heterocycles. The second kappa shape index (κ2) is 13.9. The molecule has 15 heteroatoms. The number of thiophene rings is 1. The maximum Gasteiger partial charge on any atom is 0.393 e. The Morgan fingerprint density at radius 1 is 0.961 bits per heavy atom. The molecule has 0 radical (unpaired) electrons. The third kappa shape index (κ3) is 7.35. The van der Waals surface area contributed by atoms with Gasteiger partial charge in [0.05, 0.1) is 17.6 Å². The second-order valence-corrected chi connectivity index (χ2v) is 17.8. The first-order chi connectivity index (χ1) is 24.3. The molecule has 3 fully saturated rings. The van der Waals surface area contributed by atoms with Crippen molar-refractivity contribution < 1.29 is 21.6 Å². The van der Waals surface area contributed by atoms with E-state index in [1.807, 2.05) is 13.0 Å². The summed E-state index contributed by atoms with van der Waals surface area (Å²) in [7, 11) is -3.17. The molecule has 0 aliphatic carbocycles. The number of likely N-dealkylation sites (tertiary alicyclic amines) is 1. The number of aromatic nitrogens is 3. The molecular weight excluding hydrogens is 698 g/mol. The quantitative estimate of drug-likeness (QED) is 0.208. The summed E-state index contributed by atoms with van der Waals surface area (Å²) in [6, 6.07) is 10.3. The number of aryl methyl sites for hydroxylation is 2. The van der Waals surface area contributed by atoms with Crippen LogP contribution in [-0.4, -0.2) is 108 Å². The summed E-state index contributed by atoms with van der Waals surface area (Å²) in [5.74, 6) is 1.55. The molecule has 0 bridgehead atoms. The van der Waals surface area contributed by atoms with Crippen molar-refractivity contribution in [2.24, 2.45) is 5.41 Å². The number of fused-ring (bicyclic) bond motifs is 2. The summed E-state index contributed by atoms with van der Waals surface area (Å²) in [4.78, 5) is 17.4. The first kappa shape index (κ1) is 36.1. The van der Waals surface area contributed by atoms with Crippen LogP contribution in [0.5, 0.6) is 0 Å². The summed E-state index contributed by atoms with van der Waals surface area (Å²) in [6.07, 6.45) is -2.54. The van der Waals surface area contributed by atoms with Gasteiger partial charge < -0.3 is 9.47 Å². The van der Waals surface area contributed by atoms with Crippen LogP contribution in [0, 0.1) is 23.7 Å². The van der Waals surface area contributed by atoms with Crippen LogP contribution in [-0.2, 0) is 36.0 Å². The highest BCUT2D eigenvalue weighted by molar-refractivity contribution is 7.89. The number of rotatable bonds is 10. The molecule has 51 heavy (non-hydrogen) atoms. The van der Waals surface area contributed by atoms with Crippen molar-refractivity contribution in [1.29, 1.82) is 5.26 Å². The normalized spacial score (nSPS) is 21.2. The Morgan fingerprint density at radius 2 is 1.73 bits per heavy atom. The van der Waals surface area contributed by atoms with E-state index >= 15 is 0 Å². The lowest BCUT2D eigenvalue weighted by Gasteiger charge is -2.33. The van der Waals surface area contributed by atoms with Gasteiger partial charge in [0.25, 0.3) is 0 Å². The van der Waals surface area contributed by atoms with Gasteiger partial charge in [-0.05, 0) is 62.6 Å². The van der Waals surface area contributed by atoms with Crippen molar-refractivity contribution in [3.63, 3.8) is 0 Å². The number of halogens is 3. The van der Waals surface area contributed by atoms with Gasteiger partial charge in [0.1, 0.15) is 28.2 Å². The van der Waals surface area contributed by atoms with Crippen LogP contribution in [0.3, 0.4) is 0 Å². The van der Waals surface area contributed by atoms with Gasteiger partial charge in [0, 0.05) is 93.1 Å². The van der Waals surface area contributed by atoms with E-state index < -0.39 is 22.6 Å². The van der Waals surface area contributed by atoms with Crippen molar-refractivity contribution in [3.05, 3.63) is 51.8 Å². The van der Waals surface area contributed by atoms with Crippen LogP contribution in [0.25, 0.3) is 21.1 Å². The highest BCUT2D eigenvalue weighted by atomic mass is 32.2. The number of sulfonamides is 1. The molecule has 1 unspecified atom stereocenters. The van der Waals surface area contributed by atoms with Crippen molar-refractivity contribution in [2.75, 3.05) is 69.6 Å². The van der Waals surface area contributed by atoms with Gasteiger partial charge in [-0.15, -0.1) is 11.3 Å². The zero-order valence-corrected chi connectivity index (χ0v) is 31.1.